The highest BCUT2D eigenvalue weighted by molar-refractivity contribution is 7.99. The lowest BCUT2D eigenvalue weighted by Gasteiger charge is -2.13. The minimum absolute atomic E-state index is 0.0359. The largest absolute Gasteiger partial charge is 0.383 e. The average Bonchev–Trinajstić information content (AvgIpc) is 3.10. The summed E-state index contributed by atoms with van der Waals surface area (Å²) < 4.78 is 7.07. The summed E-state index contributed by atoms with van der Waals surface area (Å²) >= 11 is 1.37. The summed E-state index contributed by atoms with van der Waals surface area (Å²) in [7, 11) is 1.61. The van der Waals surface area contributed by atoms with Crippen molar-refractivity contribution in [3.05, 3.63) is 60.4 Å². The minimum atomic E-state index is -0.0632. The molecule has 28 heavy (non-hydrogen) atoms. The van der Waals surface area contributed by atoms with Gasteiger partial charge < -0.3 is 10.1 Å². The van der Waals surface area contributed by atoms with Gasteiger partial charge in [-0.1, -0.05) is 42.1 Å². The van der Waals surface area contributed by atoms with Crippen molar-refractivity contribution in [3.63, 3.8) is 0 Å². The summed E-state index contributed by atoms with van der Waals surface area (Å²) in [6, 6.07) is 13.9. The quantitative estimate of drug-likeness (QED) is 0.559. The molecule has 0 aliphatic heterocycles. The van der Waals surface area contributed by atoms with Crippen molar-refractivity contribution in [2.45, 2.75) is 24.7 Å². The molecule has 0 radical (unpaired) electrons. The smallest absolute Gasteiger partial charge is 0.230 e. The third-order valence-electron chi connectivity index (χ3n) is 3.98. The lowest BCUT2D eigenvalue weighted by Crippen LogP contribution is -2.36. The van der Waals surface area contributed by atoms with Crippen molar-refractivity contribution in [2.75, 3.05) is 19.5 Å². The van der Waals surface area contributed by atoms with Gasteiger partial charge in [0.05, 0.1) is 18.9 Å². The van der Waals surface area contributed by atoms with Gasteiger partial charge in [0.15, 0.2) is 11.0 Å². The molecule has 0 bridgehead atoms. The van der Waals surface area contributed by atoms with Crippen LogP contribution in [0.25, 0.3) is 11.4 Å². The van der Waals surface area contributed by atoms with E-state index >= 15 is 0 Å². The number of pyridine rings is 1. The number of thioether (sulfide) groups is 1. The van der Waals surface area contributed by atoms with Crippen molar-refractivity contribution >= 4 is 17.7 Å². The van der Waals surface area contributed by atoms with Crippen LogP contribution in [0.15, 0.2) is 60.0 Å². The average molecular weight is 398 g/mol. The number of amides is 1. The number of carbonyl (C=O) groups excluding carboxylic acids is 1. The van der Waals surface area contributed by atoms with E-state index in [0.29, 0.717) is 18.3 Å². The zero-order valence-corrected chi connectivity index (χ0v) is 16.7. The molecule has 0 spiro atoms. The van der Waals surface area contributed by atoms with Gasteiger partial charge >= 0.3 is 0 Å². The maximum atomic E-state index is 12.2. The number of ether oxygens (including phenoxy) is 1. The predicted molar refractivity (Wildman–Crippen MR) is 109 cm³/mol. The van der Waals surface area contributed by atoms with Crippen molar-refractivity contribution in [1.82, 2.24) is 25.1 Å². The second-order valence-electron chi connectivity index (χ2n) is 6.33. The monoisotopic (exact) mass is 397 g/mol. The normalized spacial score (nSPS) is 11.9. The summed E-state index contributed by atoms with van der Waals surface area (Å²) in [6.07, 6.45) is 3.49. The van der Waals surface area contributed by atoms with E-state index in [2.05, 4.69) is 32.6 Å². The lowest BCUT2D eigenvalue weighted by molar-refractivity contribution is -0.119. The third-order valence-corrected chi connectivity index (χ3v) is 4.94. The van der Waals surface area contributed by atoms with Gasteiger partial charge in [-0.2, -0.15) is 0 Å². The first-order valence-corrected chi connectivity index (χ1v) is 9.94. The molecule has 0 aliphatic carbocycles. The van der Waals surface area contributed by atoms with Gasteiger partial charge in [0.25, 0.3) is 0 Å². The number of nitrogens with one attached hydrogen (secondary N) is 1. The van der Waals surface area contributed by atoms with Crippen molar-refractivity contribution in [2.24, 2.45) is 0 Å². The highest BCUT2D eigenvalue weighted by atomic mass is 32.2. The van der Waals surface area contributed by atoms with Crippen LogP contribution >= 0.6 is 11.8 Å². The first-order chi connectivity index (χ1) is 13.7. The van der Waals surface area contributed by atoms with Gasteiger partial charge in [0.1, 0.15) is 0 Å². The van der Waals surface area contributed by atoms with Crippen molar-refractivity contribution in [3.8, 4) is 11.4 Å². The lowest BCUT2D eigenvalue weighted by atomic mass is 10.2. The molecule has 8 heteroatoms. The van der Waals surface area contributed by atoms with E-state index in [1.165, 1.54) is 11.8 Å². The fourth-order valence-corrected chi connectivity index (χ4v) is 3.50. The molecule has 146 valence electrons. The minimum Gasteiger partial charge on any atom is -0.383 e. The molecule has 2 aromatic heterocycles. The molecule has 2 heterocycles. The first kappa shape index (κ1) is 20.0. The molecule has 1 aromatic carbocycles. The van der Waals surface area contributed by atoms with Crippen molar-refractivity contribution < 1.29 is 9.53 Å². The molecule has 7 nitrogen and oxygen atoms in total. The SMILES string of the molecule is COCC(C)NC(=O)CSc1nnc(-c2cccnc2)n1Cc1ccccc1. The maximum absolute atomic E-state index is 12.2. The van der Waals surface area contributed by atoms with E-state index < -0.39 is 0 Å². The number of benzene rings is 1. The van der Waals surface area contributed by atoms with Crippen LogP contribution in [0.4, 0.5) is 0 Å². The van der Waals surface area contributed by atoms with E-state index in [4.69, 9.17) is 4.74 Å². The van der Waals surface area contributed by atoms with Gasteiger partial charge in [-0.3, -0.25) is 14.3 Å². The number of carbonyl (C=O) groups is 1. The first-order valence-electron chi connectivity index (χ1n) is 8.96. The Morgan fingerprint density at radius 2 is 2.04 bits per heavy atom. The summed E-state index contributed by atoms with van der Waals surface area (Å²) in [5.74, 6) is 0.924. The maximum Gasteiger partial charge on any atom is 0.230 e. The van der Waals surface area contributed by atoms with E-state index in [1.807, 2.05) is 41.8 Å². The number of aromatic nitrogens is 4. The number of nitrogens with zero attached hydrogens (tertiary/aromatic N) is 4. The number of hydrogen-bond donors (Lipinski definition) is 1. The van der Waals surface area contributed by atoms with Crippen LogP contribution < -0.4 is 5.32 Å². The summed E-state index contributed by atoms with van der Waals surface area (Å²) in [5.41, 5.74) is 2.02. The molecule has 1 amide bonds. The number of methoxy groups -OCH3 is 1. The molecule has 1 atom stereocenters. The van der Waals surface area contributed by atoms with Crippen LogP contribution in [0.2, 0.25) is 0 Å². The zero-order valence-electron chi connectivity index (χ0n) is 15.9. The van der Waals surface area contributed by atoms with Crippen LogP contribution in [0.5, 0.6) is 0 Å². The van der Waals surface area contributed by atoms with Crippen LogP contribution in [-0.2, 0) is 16.1 Å². The fraction of sp³-hybridized carbons (Fsp3) is 0.300. The highest BCUT2D eigenvalue weighted by Crippen LogP contribution is 2.24. The summed E-state index contributed by atoms with van der Waals surface area (Å²) in [5, 5.41) is 12.3. The van der Waals surface area contributed by atoms with Crippen molar-refractivity contribution in [1.29, 1.82) is 0 Å². The van der Waals surface area contributed by atoms with Gasteiger partial charge in [-0.05, 0) is 24.6 Å². The molecule has 0 saturated heterocycles. The molecule has 0 saturated carbocycles. The topological polar surface area (TPSA) is 81.9 Å². The molecule has 1 N–H and O–H groups in total. The molecule has 0 fully saturated rings. The Bertz CT molecular complexity index is 886. The zero-order chi connectivity index (χ0) is 19.8. The van der Waals surface area contributed by atoms with E-state index in [9.17, 15) is 4.79 Å². The van der Waals surface area contributed by atoms with E-state index in [0.717, 1.165) is 17.0 Å². The van der Waals surface area contributed by atoms with Gasteiger partial charge in [-0.25, -0.2) is 0 Å². The molecule has 3 aromatic rings. The third kappa shape index (κ3) is 5.40. The van der Waals surface area contributed by atoms with Crippen LogP contribution in [0.1, 0.15) is 12.5 Å². The number of hydrogen-bond acceptors (Lipinski definition) is 6. The molecule has 3 rings (SSSR count). The Balaban J connectivity index is 1.78. The Morgan fingerprint density at radius 1 is 1.21 bits per heavy atom. The molecule has 1 unspecified atom stereocenters. The van der Waals surface area contributed by atoms with Gasteiger partial charge in [0.2, 0.25) is 5.91 Å². The van der Waals surface area contributed by atoms with E-state index in [-0.39, 0.29) is 17.7 Å². The Labute approximate surface area is 168 Å². The Hall–Kier alpha value is -2.71. The predicted octanol–water partition coefficient (Wildman–Crippen LogP) is 2.63. The second-order valence-corrected chi connectivity index (χ2v) is 7.27. The molecular weight excluding hydrogens is 374 g/mol. The summed E-state index contributed by atoms with van der Waals surface area (Å²) in [4.78, 5) is 16.4. The van der Waals surface area contributed by atoms with Crippen LogP contribution in [-0.4, -0.2) is 51.2 Å². The van der Waals surface area contributed by atoms with Gasteiger partial charge in [0, 0.05) is 31.1 Å². The van der Waals surface area contributed by atoms with Crippen LogP contribution in [0, 0.1) is 0 Å². The Morgan fingerprint density at radius 3 is 2.75 bits per heavy atom. The Kier molecular flexibility index (Phi) is 7.16. The number of rotatable bonds is 9. The summed E-state index contributed by atoms with van der Waals surface area (Å²) in [6.45, 7) is 3.00. The van der Waals surface area contributed by atoms with Gasteiger partial charge in [-0.15, -0.1) is 10.2 Å². The second kappa shape index (κ2) is 10.0. The van der Waals surface area contributed by atoms with Crippen LogP contribution in [0.3, 0.4) is 0 Å². The fourth-order valence-electron chi connectivity index (χ4n) is 2.75. The molecular formula is C20H23N5O2S. The van der Waals surface area contributed by atoms with E-state index in [1.54, 1.807) is 19.5 Å². The highest BCUT2D eigenvalue weighted by Gasteiger charge is 2.17. The standard InChI is InChI=1S/C20H23N5O2S/c1-15(13-27-2)22-18(26)14-28-20-24-23-19(17-9-6-10-21-11-17)25(20)12-16-7-4-3-5-8-16/h3-11,15H,12-14H2,1-2H3,(H,22,26). The molecule has 0 aliphatic rings.